The third-order valence-corrected chi connectivity index (χ3v) is 4.42. The van der Waals surface area contributed by atoms with Crippen molar-refractivity contribution < 1.29 is 14.4 Å². The Hall–Kier alpha value is -3.02. The molecular formula is C23H31N3O3. The summed E-state index contributed by atoms with van der Waals surface area (Å²) in [5.41, 5.74) is 7.81. The number of carbonyl (C=O) groups is 1. The van der Waals surface area contributed by atoms with Crippen LogP contribution in [0, 0.1) is 0 Å². The van der Waals surface area contributed by atoms with Gasteiger partial charge >= 0.3 is 0 Å². The molecule has 6 nitrogen and oxygen atoms in total. The molecule has 0 aliphatic heterocycles. The fraction of sp³-hybridized carbons (Fsp3) is 0.391. The van der Waals surface area contributed by atoms with E-state index in [1.54, 1.807) is 11.8 Å². The quantitative estimate of drug-likeness (QED) is 0.395. The standard InChI is InChI=1S/C23H31N3O3/c1-16(2)26(17(3)4)23(27)18(5)29-25-22(24)20-11-13-21(14-12-20)28-15-19-9-7-6-8-10-19/h6-14,16-18H,15H2,1-5H3,(H2,24,25). The summed E-state index contributed by atoms with van der Waals surface area (Å²) in [7, 11) is 0. The molecule has 0 fully saturated rings. The molecule has 6 heteroatoms. The van der Waals surface area contributed by atoms with Crippen molar-refractivity contribution in [3.05, 3.63) is 65.7 Å². The Labute approximate surface area is 173 Å². The molecule has 1 unspecified atom stereocenters. The molecule has 29 heavy (non-hydrogen) atoms. The first kappa shape index (κ1) is 22.3. The molecule has 1 amide bonds. The average molecular weight is 398 g/mol. The van der Waals surface area contributed by atoms with Gasteiger partial charge in [0.25, 0.3) is 5.91 Å². The van der Waals surface area contributed by atoms with Crippen molar-refractivity contribution in [2.75, 3.05) is 0 Å². The molecule has 156 valence electrons. The second-order valence-electron chi connectivity index (χ2n) is 7.46. The highest BCUT2D eigenvalue weighted by molar-refractivity contribution is 5.97. The fourth-order valence-corrected chi connectivity index (χ4v) is 3.01. The van der Waals surface area contributed by atoms with Crippen molar-refractivity contribution in [1.29, 1.82) is 0 Å². The summed E-state index contributed by atoms with van der Waals surface area (Å²) in [5.74, 6) is 0.829. The maximum Gasteiger partial charge on any atom is 0.266 e. The number of ether oxygens (including phenoxy) is 1. The molecule has 0 aliphatic carbocycles. The topological polar surface area (TPSA) is 77.1 Å². The van der Waals surface area contributed by atoms with E-state index < -0.39 is 6.10 Å². The SMILES string of the molecule is CC(ON=C(N)c1ccc(OCc2ccccc2)cc1)C(=O)N(C(C)C)C(C)C. The summed E-state index contributed by atoms with van der Waals surface area (Å²) in [6.07, 6.45) is -0.716. The summed E-state index contributed by atoms with van der Waals surface area (Å²) in [6, 6.07) is 17.4. The Morgan fingerprint density at radius 1 is 0.966 bits per heavy atom. The van der Waals surface area contributed by atoms with Crippen molar-refractivity contribution in [2.24, 2.45) is 10.9 Å². The maximum atomic E-state index is 12.6. The lowest BCUT2D eigenvalue weighted by Gasteiger charge is -2.32. The molecule has 2 aromatic rings. The Balaban J connectivity index is 1.94. The molecule has 0 saturated heterocycles. The van der Waals surface area contributed by atoms with Crippen LogP contribution in [0.2, 0.25) is 0 Å². The van der Waals surface area contributed by atoms with E-state index in [2.05, 4.69) is 5.16 Å². The Morgan fingerprint density at radius 2 is 1.55 bits per heavy atom. The van der Waals surface area contributed by atoms with Gasteiger partial charge in [-0.2, -0.15) is 0 Å². The maximum absolute atomic E-state index is 12.6. The minimum Gasteiger partial charge on any atom is -0.489 e. The number of nitrogens with zero attached hydrogens (tertiary/aromatic N) is 2. The molecule has 2 rings (SSSR count). The van der Waals surface area contributed by atoms with E-state index in [4.69, 9.17) is 15.3 Å². The highest BCUT2D eigenvalue weighted by Crippen LogP contribution is 2.15. The molecule has 2 aromatic carbocycles. The first-order chi connectivity index (χ1) is 13.8. The van der Waals surface area contributed by atoms with Gasteiger partial charge < -0.3 is 20.2 Å². The number of nitrogens with two attached hydrogens (primary N) is 1. The van der Waals surface area contributed by atoms with Gasteiger partial charge in [-0.25, -0.2) is 0 Å². The lowest BCUT2D eigenvalue weighted by molar-refractivity contribution is -0.146. The van der Waals surface area contributed by atoms with Crippen LogP contribution in [0.1, 0.15) is 45.7 Å². The highest BCUT2D eigenvalue weighted by atomic mass is 16.6. The number of benzene rings is 2. The van der Waals surface area contributed by atoms with Gasteiger partial charge in [-0.1, -0.05) is 35.5 Å². The summed E-state index contributed by atoms with van der Waals surface area (Å²) < 4.78 is 5.77. The van der Waals surface area contributed by atoms with Crippen LogP contribution in [0.15, 0.2) is 59.8 Å². The smallest absolute Gasteiger partial charge is 0.266 e. The van der Waals surface area contributed by atoms with Gasteiger partial charge in [-0.3, -0.25) is 4.79 Å². The van der Waals surface area contributed by atoms with E-state index in [9.17, 15) is 4.79 Å². The molecule has 0 spiro atoms. The zero-order valence-corrected chi connectivity index (χ0v) is 17.8. The van der Waals surface area contributed by atoms with Crippen LogP contribution in [0.4, 0.5) is 0 Å². The van der Waals surface area contributed by atoms with Crippen LogP contribution in [-0.4, -0.2) is 34.8 Å². The van der Waals surface area contributed by atoms with Crippen molar-refractivity contribution >= 4 is 11.7 Å². The molecule has 0 aromatic heterocycles. The van der Waals surface area contributed by atoms with Crippen LogP contribution in [0.5, 0.6) is 5.75 Å². The average Bonchev–Trinajstić information content (AvgIpc) is 2.70. The Bertz CT molecular complexity index is 794. The summed E-state index contributed by atoms with van der Waals surface area (Å²) in [6.45, 7) is 10.1. The second kappa shape index (κ2) is 10.5. The predicted molar refractivity (Wildman–Crippen MR) is 116 cm³/mol. The van der Waals surface area contributed by atoms with Gasteiger partial charge in [0.1, 0.15) is 12.4 Å². The van der Waals surface area contributed by atoms with Crippen molar-refractivity contribution in [1.82, 2.24) is 4.90 Å². The number of hydrogen-bond acceptors (Lipinski definition) is 4. The van der Waals surface area contributed by atoms with Crippen molar-refractivity contribution in [3.8, 4) is 5.75 Å². The number of hydrogen-bond donors (Lipinski definition) is 1. The minimum absolute atomic E-state index is 0.0818. The van der Waals surface area contributed by atoms with Crippen LogP contribution in [-0.2, 0) is 16.2 Å². The summed E-state index contributed by atoms with van der Waals surface area (Å²) in [4.78, 5) is 19.7. The first-order valence-electron chi connectivity index (χ1n) is 9.88. The zero-order chi connectivity index (χ0) is 21.4. The number of amidine groups is 1. The molecule has 0 heterocycles. The number of amides is 1. The number of carbonyl (C=O) groups excluding carboxylic acids is 1. The van der Waals surface area contributed by atoms with Crippen LogP contribution < -0.4 is 10.5 Å². The van der Waals surface area contributed by atoms with E-state index >= 15 is 0 Å². The molecule has 0 radical (unpaired) electrons. The van der Waals surface area contributed by atoms with E-state index in [-0.39, 0.29) is 23.8 Å². The normalized spacial score (nSPS) is 12.7. The lowest BCUT2D eigenvalue weighted by atomic mass is 10.2. The molecular weight excluding hydrogens is 366 g/mol. The largest absolute Gasteiger partial charge is 0.489 e. The fourth-order valence-electron chi connectivity index (χ4n) is 3.01. The molecule has 0 aliphatic rings. The van der Waals surface area contributed by atoms with Gasteiger partial charge in [0.15, 0.2) is 5.84 Å². The molecule has 0 bridgehead atoms. The van der Waals surface area contributed by atoms with Gasteiger partial charge in [-0.15, -0.1) is 0 Å². The Kier molecular flexibility index (Phi) is 8.07. The van der Waals surface area contributed by atoms with Crippen LogP contribution in [0.25, 0.3) is 0 Å². The van der Waals surface area contributed by atoms with Gasteiger partial charge in [0.05, 0.1) is 0 Å². The third kappa shape index (κ3) is 6.52. The lowest BCUT2D eigenvalue weighted by Crippen LogP contribution is -2.46. The molecule has 1 atom stereocenters. The number of oxime groups is 1. The monoisotopic (exact) mass is 397 g/mol. The molecule has 0 saturated carbocycles. The molecule has 2 N–H and O–H groups in total. The summed E-state index contributed by atoms with van der Waals surface area (Å²) >= 11 is 0. The van der Waals surface area contributed by atoms with E-state index in [0.717, 1.165) is 11.3 Å². The summed E-state index contributed by atoms with van der Waals surface area (Å²) in [5, 5.41) is 3.95. The van der Waals surface area contributed by atoms with Crippen molar-refractivity contribution in [2.45, 2.75) is 59.4 Å². The van der Waals surface area contributed by atoms with E-state index in [1.807, 2.05) is 82.3 Å². The Morgan fingerprint density at radius 3 is 2.10 bits per heavy atom. The van der Waals surface area contributed by atoms with Gasteiger partial charge in [0, 0.05) is 17.6 Å². The number of rotatable bonds is 9. The van der Waals surface area contributed by atoms with Crippen molar-refractivity contribution in [3.63, 3.8) is 0 Å². The second-order valence-corrected chi connectivity index (χ2v) is 7.46. The zero-order valence-electron chi connectivity index (χ0n) is 17.8. The van der Waals surface area contributed by atoms with Gasteiger partial charge in [-0.05, 0) is 64.4 Å². The van der Waals surface area contributed by atoms with Gasteiger partial charge in [0.2, 0.25) is 6.10 Å². The highest BCUT2D eigenvalue weighted by Gasteiger charge is 2.26. The predicted octanol–water partition coefficient (Wildman–Crippen LogP) is 3.94. The minimum atomic E-state index is -0.716. The van der Waals surface area contributed by atoms with Crippen LogP contribution in [0.3, 0.4) is 0 Å². The van der Waals surface area contributed by atoms with E-state index in [1.165, 1.54) is 0 Å². The van der Waals surface area contributed by atoms with Crippen LogP contribution >= 0.6 is 0 Å². The first-order valence-corrected chi connectivity index (χ1v) is 9.88. The van der Waals surface area contributed by atoms with E-state index in [0.29, 0.717) is 12.2 Å². The third-order valence-electron chi connectivity index (χ3n) is 4.42.